The average molecular weight is 396 g/mol. The molecule has 0 spiro atoms. The number of rotatable bonds is 4. The molecule has 6 heteroatoms. The van der Waals surface area contributed by atoms with Gasteiger partial charge in [0.1, 0.15) is 5.84 Å². The van der Waals surface area contributed by atoms with Crippen LogP contribution in [0.25, 0.3) is 0 Å². The zero-order chi connectivity index (χ0) is 19.7. The van der Waals surface area contributed by atoms with Gasteiger partial charge in [-0.1, -0.05) is 54.1 Å². The van der Waals surface area contributed by atoms with Gasteiger partial charge in [0.15, 0.2) is 0 Å². The van der Waals surface area contributed by atoms with E-state index in [1.54, 1.807) is 11.0 Å². The van der Waals surface area contributed by atoms with E-state index in [0.29, 0.717) is 30.5 Å². The van der Waals surface area contributed by atoms with Gasteiger partial charge >= 0.3 is 0 Å². The fraction of sp³-hybridized carbons (Fsp3) is 0.318. The van der Waals surface area contributed by atoms with Crippen LogP contribution in [0.15, 0.2) is 59.6 Å². The van der Waals surface area contributed by atoms with Gasteiger partial charge in [-0.15, -0.1) is 0 Å². The van der Waals surface area contributed by atoms with Crippen LogP contribution >= 0.6 is 11.6 Å². The highest BCUT2D eigenvalue weighted by Gasteiger charge is 2.40. The van der Waals surface area contributed by atoms with Crippen LogP contribution < -0.4 is 0 Å². The summed E-state index contributed by atoms with van der Waals surface area (Å²) >= 11 is 6.10. The molecule has 5 nitrogen and oxygen atoms in total. The first-order chi connectivity index (χ1) is 13.5. The van der Waals surface area contributed by atoms with Crippen LogP contribution in [0.3, 0.4) is 0 Å². The molecule has 0 N–H and O–H groups in total. The highest BCUT2D eigenvalue weighted by atomic mass is 35.5. The van der Waals surface area contributed by atoms with Crippen molar-refractivity contribution in [2.45, 2.75) is 19.4 Å². The monoisotopic (exact) mass is 395 g/mol. The van der Waals surface area contributed by atoms with Gasteiger partial charge < -0.3 is 4.90 Å². The Kier molecular flexibility index (Phi) is 5.18. The molecule has 2 unspecified atom stereocenters. The molecule has 28 heavy (non-hydrogen) atoms. The number of carbonyl (C=O) groups is 2. The summed E-state index contributed by atoms with van der Waals surface area (Å²) < 4.78 is 0. The number of hydrogen-bond donors (Lipinski definition) is 0. The maximum Gasteiger partial charge on any atom is 0.233 e. The van der Waals surface area contributed by atoms with Crippen molar-refractivity contribution in [1.82, 2.24) is 9.80 Å². The van der Waals surface area contributed by atoms with Gasteiger partial charge in [-0.05, 0) is 24.6 Å². The summed E-state index contributed by atoms with van der Waals surface area (Å²) in [5.74, 6) is 0.290. The van der Waals surface area contributed by atoms with E-state index in [2.05, 4.69) is 4.99 Å². The number of halogens is 1. The topological polar surface area (TPSA) is 53.0 Å². The number of likely N-dealkylation sites (tertiary alicyclic amines) is 1. The van der Waals surface area contributed by atoms with Crippen molar-refractivity contribution in [3.05, 3.63) is 70.7 Å². The normalized spacial score (nSPS) is 20.4. The second-order valence-corrected chi connectivity index (χ2v) is 7.68. The number of amidine groups is 1. The fourth-order valence-corrected chi connectivity index (χ4v) is 4.13. The number of nitrogens with zero attached hydrogens (tertiary/aromatic N) is 3. The lowest BCUT2D eigenvalue weighted by Crippen LogP contribution is -2.40. The third-order valence-corrected chi connectivity index (χ3v) is 5.68. The van der Waals surface area contributed by atoms with E-state index in [4.69, 9.17) is 11.6 Å². The Morgan fingerprint density at radius 2 is 1.96 bits per heavy atom. The first-order valence-electron chi connectivity index (χ1n) is 9.51. The lowest BCUT2D eigenvalue weighted by Gasteiger charge is -2.26. The third kappa shape index (κ3) is 3.54. The summed E-state index contributed by atoms with van der Waals surface area (Å²) in [7, 11) is 0. The number of amides is 2. The summed E-state index contributed by atoms with van der Waals surface area (Å²) in [6.45, 7) is 3.56. The smallest absolute Gasteiger partial charge is 0.233 e. The van der Waals surface area contributed by atoms with Gasteiger partial charge in [0.05, 0.1) is 18.5 Å². The highest BCUT2D eigenvalue weighted by molar-refractivity contribution is 6.31. The van der Waals surface area contributed by atoms with Crippen LogP contribution in [0.2, 0.25) is 5.02 Å². The van der Waals surface area contributed by atoms with Crippen molar-refractivity contribution in [2.24, 2.45) is 10.9 Å². The van der Waals surface area contributed by atoms with Crippen LogP contribution in [0.4, 0.5) is 0 Å². The molecule has 1 fully saturated rings. The van der Waals surface area contributed by atoms with E-state index in [1.807, 2.05) is 60.4 Å². The largest absolute Gasteiger partial charge is 0.335 e. The molecule has 0 bridgehead atoms. The molecule has 144 valence electrons. The van der Waals surface area contributed by atoms with E-state index in [-0.39, 0.29) is 30.2 Å². The van der Waals surface area contributed by atoms with Gasteiger partial charge in [-0.2, -0.15) is 0 Å². The first kappa shape index (κ1) is 18.7. The highest BCUT2D eigenvalue weighted by Crippen LogP contribution is 2.30. The van der Waals surface area contributed by atoms with Crippen molar-refractivity contribution in [1.29, 1.82) is 0 Å². The van der Waals surface area contributed by atoms with Crippen LogP contribution in [0, 0.1) is 5.92 Å². The molecular weight excluding hydrogens is 374 g/mol. The predicted octanol–water partition coefficient (Wildman–Crippen LogP) is 3.54. The van der Waals surface area contributed by atoms with Gasteiger partial charge in [-0.25, -0.2) is 0 Å². The van der Waals surface area contributed by atoms with Gasteiger partial charge in [0.25, 0.3) is 0 Å². The quantitative estimate of drug-likeness (QED) is 0.795. The SMILES string of the molecule is CC(c1ccccc1)N1CC(C(=O)N2CCN=C2c2cccc(Cl)c2)CC1=O. The Hall–Kier alpha value is -2.66. The second-order valence-electron chi connectivity index (χ2n) is 7.24. The zero-order valence-corrected chi connectivity index (χ0v) is 16.5. The predicted molar refractivity (Wildman–Crippen MR) is 109 cm³/mol. The summed E-state index contributed by atoms with van der Waals surface area (Å²) in [6, 6.07) is 17.2. The number of carbonyl (C=O) groups excluding carboxylic acids is 2. The van der Waals surface area contributed by atoms with E-state index in [0.717, 1.165) is 11.1 Å². The van der Waals surface area contributed by atoms with Crippen molar-refractivity contribution in [3.63, 3.8) is 0 Å². The zero-order valence-electron chi connectivity index (χ0n) is 15.7. The maximum absolute atomic E-state index is 13.2. The molecule has 2 atom stereocenters. The molecule has 2 aromatic carbocycles. The van der Waals surface area contributed by atoms with Crippen molar-refractivity contribution < 1.29 is 9.59 Å². The standard InChI is InChI=1S/C22H22ClN3O2/c1-15(16-6-3-2-4-7-16)26-14-18(13-20(26)27)22(28)25-11-10-24-21(25)17-8-5-9-19(23)12-17/h2-9,12,15,18H,10-11,13-14H2,1H3. The summed E-state index contributed by atoms with van der Waals surface area (Å²) in [6.07, 6.45) is 0.245. The lowest BCUT2D eigenvalue weighted by atomic mass is 10.1. The molecular formula is C22H22ClN3O2. The Bertz CT molecular complexity index is 928. The van der Waals surface area contributed by atoms with E-state index in [9.17, 15) is 9.59 Å². The fourth-order valence-electron chi connectivity index (χ4n) is 3.94. The van der Waals surface area contributed by atoms with E-state index < -0.39 is 0 Å². The molecule has 0 aliphatic carbocycles. The first-order valence-corrected chi connectivity index (χ1v) is 9.88. The van der Waals surface area contributed by atoms with Gasteiger partial charge in [0, 0.05) is 30.1 Å². The number of hydrogen-bond acceptors (Lipinski definition) is 3. The molecule has 2 aliphatic heterocycles. The molecule has 2 aromatic rings. The molecule has 2 heterocycles. The minimum Gasteiger partial charge on any atom is -0.335 e. The molecule has 4 rings (SSSR count). The Morgan fingerprint density at radius 1 is 1.18 bits per heavy atom. The van der Waals surface area contributed by atoms with Gasteiger partial charge in [0.2, 0.25) is 11.8 Å². The van der Waals surface area contributed by atoms with Crippen LogP contribution in [-0.4, -0.2) is 47.1 Å². The Balaban J connectivity index is 1.50. The molecule has 0 saturated carbocycles. The molecule has 2 aliphatic rings. The molecule has 1 saturated heterocycles. The average Bonchev–Trinajstić information content (AvgIpc) is 3.34. The van der Waals surface area contributed by atoms with Crippen LogP contribution in [0.1, 0.15) is 30.5 Å². The number of benzene rings is 2. The Labute approximate surface area is 169 Å². The van der Waals surface area contributed by atoms with Crippen molar-refractivity contribution in [3.8, 4) is 0 Å². The molecule has 2 amide bonds. The molecule has 0 radical (unpaired) electrons. The third-order valence-electron chi connectivity index (χ3n) is 5.45. The van der Waals surface area contributed by atoms with Crippen molar-refractivity contribution in [2.75, 3.05) is 19.6 Å². The minimum atomic E-state index is -0.346. The van der Waals surface area contributed by atoms with E-state index >= 15 is 0 Å². The minimum absolute atomic E-state index is 0.0233. The summed E-state index contributed by atoms with van der Waals surface area (Å²) in [5, 5.41) is 0.610. The van der Waals surface area contributed by atoms with Crippen molar-refractivity contribution >= 4 is 29.3 Å². The van der Waals surface area contributed by atoms with Crippen LogP contribution in [0.5, 0.6) is 0 Å². The van der Waals surface area contributed by atoms with E-state index in [1.165, 1.54) is 0 Å². The summed E-state index contributed by atoms with van der Waals surface area (Å²) in [4.78, 5) is 33.8. The summed E-state index contributed by atoms with van der Waals surface area (Å²) in [5.41, 5.74) is 1.91. The maximum atomic E-state index is 13.2. The number of aliphatic imine (C=N–C) groups is 1. The Morgan fingerprint density at radius 3 is 2.71 bits per heavy atom. The molecule has 0 aromatic heterocycles. The lowest BCUT2D eigenvalue weighted by molar-refractivity contribution is -0.132. The second kappa shape index (κ2) is 7.76. The van der Waals surface area contributed by atoms with Gasteiger partial charge in [-0.3, -0.25) is 19.5 Å². The van der Waals surface area contributed by atoms with Crippen LogP contribution in [-0.2, 0) is 9.59 Å².